The first kappa shape index (κ1) is 17.1. The average molecular weight is 347 g/mol. The number of carbonyl (C=O) groups is 2. The van der Waals surface area contributed by atoms with Gasteiger partial charge >= 0.3 is 0 Å². The van der Waals surface area contributed by atoms with Crippen molar-refractivity contribution in [2.75, 3.05) is 17.7 Å². The highest BCUT2D eigenvalue weighted by Crippen LogP contribution is 2.28. The normalized spacial score (nSPS) is 10.3. The molecular weight excluding hydrogens is 330 g/mol. The van der Waals surface area contributed by atoms with Gasteiger partial charge in [0.2, 0.25) is 11.7 Å². The number of hydrogen-bond acceptors (Lipinski definition) is 5. The van der Waals surface area contributed by atoms with Gasteiger partial charge in [-0.1, -0.05) is 24.8 Å². The Morgan fingerprint density at radius 3 is 2.58 bits per heavy atom. The van der Waals surface area contributed by atoms with Crippen LogP contribution in [-0.2, 0) is 4.79 Å². The number of aromatic nitrogens is 2. The van der Waals surface area contributed by atoms with Gasteiger partial charge in [0.05, 0.1) is 5.52 Å². The number of amides is 2. The van der Waals surface area contributed by atoms with Gasteiger partial charge in [-0.3, -0.25) is 9.59 Å². The molecule has 0 aliphatic rings. The molecule has 130 valence electrons. The first-order chi connectivity index (χ1) is 12.5. The van der Waals surface area contributed by atoms with E-state index in [2.05, 4.69) is 27.2 Å². The zero-order chi connectivity index (χ0) is 18.7. The fraction of sp³-hybridized carbons (Fsp3) is 0.0526. The maximum Gasteiger partial charge on any atom is 0.286 e. The summed E-state index contributed by atoms with van der Waals surface area (Å²) in [6, 6.07) is 13.0. The minimum absolute atomic E-state index is 0.0382. The van der Waals surface area contributed by atoms with E-state index in [0.29, 0.717) is 17.0 Å². The Morgan fingerprint density at radius 2 is 1.88 bits per heavy atom. The lowest BCUT2D eigenvalue weighted by Gasteiger charge is -2.10. The van der Waals surface area contributed by atoms with Crippen LogP contribution >= 0.6 is 0 Å². The number of rotatable bonds is 5. The highest BCUT2D eigenvalue weighted by atomic mass is 16.2. The Morgan fingerprint density at radius 1 is 1.12 bits per heavy atom. The number of carbonyl (C=O) groups excluding carboxylic acids is 2. The van der Waals surface area contributed by atoms with E-state index in [9.17, 15) is 9.59 Å². The minimum Gasteiger partial charge on any atom is -0.373 e. The molecule has 26 heavy (non-hydrogen) atoms. The molecule has 0 unspecified atom stereocenters. The van der Waals surface area contributed by atoms with Crippen LogP contribution in [0.5, 0.6) is 0 Å². The molecular formula is C19H17N5O2. The lowest BCUT2D eigenvalue weighted by Crippen LogP contribution is -2.16. The first-order valence-electron chi connectivity index (χ1n) is 7.85. The molecule has 7 heteroatoms. The molecule has 1 aromatic heterocycles. The number of anilines is 2. The van der Waals surface area contributed by atoms with Crippen LogP contribution < -0.4 is 16.4 Å². The molecule has 0 aliphatic carbocycles. The van der Waals surface area contributed by atoms with Crippen molar-refractivity contribution in [3.8, 4) is 11.1 Å². The number of nitrogens with one attached hydrogen (secondary N) is 2. The van der Waals surface area contributed by atoms with E-state index in [1.807, 2.05) is 30.3 Å². The SMILES string of the molecule is C=CC(=O)Nc1cccc(-c2ccc3nc(C(N)=O)nc(NC)c3c2)c1. The summed E-state index contributed by atoms with van der Waals surface area (Å²) in [5.41, 5.74) is 8.39. The maximum atomic E-state index is 11.5. The molecule has 3 aromatic rings. The number of primary amides is 1. The van der Waals surface area contributed by atoms with Crippen LogP contribution in [0.2, 0.25) is 0 Å². The van der Waals surface area contributed by atoms with Gasteiger partial charge in [0, 0.05) is 18.1 Å². The summed E-state index contributed by atoms with van der Waals surface area (Å²) in [6.45, 7) is 3.44. The van der Waals surface area contributed by atoms with E-state index in [-0.39, 0.29) is 11.7 Å². The predicted molar refractivity (Wildman–Crippen MR) is 102 cm³/mol. The third-order valence-electron chi connectivity index (χ3n) is 3.80. The van der Waals surface area contributed by atoms with E-state index < -0.39 is 5.91 Å². The van der Waals surface area contributed by atoms with Gasteiger partial charge < -0.3 is 16.4 Å². The van der Waals surface area contributed by atoms with E-state index in [1.165, 1.54) is 6.08 Å². The second-order valence-electron chi connectivity index (χ2n) is 5.52. The van der Waals surface area contributed by atoms with Crippen LogP contribution in [0.15, 0.2) is 55.1 Å². The fourth-order valence-corrected chi connectivity index (χ4v) is 2.58. The highest BCUT2D eigenvalue weighted by molar-refractivity contribution is 6.00. The van der Waals surface area contributed by atoms with Crippen LogP contribution in [0.4, 0.5) is 11.5 Å². The number of nitrogens with zero attached hydrogens (tertiary/aromatic N) is 2. The zero-order valence-electron chi connectivity index (χ0n) is 14.1. The molecule has 4 N–H and O–H groups in total. The lowest BCUT2D eigenvalue weighted by atomic mass is 10.0. The summed E-state index contributed by atoms with van der Waals surface area (Å²) in [5.74, 6) is -0.478. The maximum absolute atomic E-state index is 11.5. The van der Waals surface area contributed by atoms with Gasteiger partial charge in [0.15, 0.2) is 0 Å². The fourth-order valence-electron chi connectivity index (χ4n) is 2.58. The van der Waals surface area contributed by atoms with E-state index in [1.54, 1.807) is 19.2 Å². The summed E-state index contributed by atoms with van der Waals surface area (Å²) in [4.78, 5) is 31.2. The lowest BCUT2D eigenvalue weighted by molar-refractivity contribution is -0.111. The van der Waals surface area contributed by atoms with Crippen molar-refractivity contribution < 1.29 is 9.59 Å². The van der Waals surface area contributed by atoms with Crippen LogP contribution in [0, 0.1) is 0 Å². The van der Waals surface area contributed by atoms with Gasteiger partial charge in [-0.05, 0) is 41.5 Å². The summed E-state index contributed by atoms with van der Waals surface area (Å²) in [6.07, 6.45) is 1.22. The van der Waals surface area contributed by atoms with E-state index >= 15 is 0 Å². The highest BCUT2D eigenvalue weighted by Gasteiger charge is 2.12. The van der Waals surface area contributed by atoms with Crippen LogP contribution in [0.1, 0.15) is 10.6 Å². The van der Waals surface area contributed by atoms with Gasteiger partial charge in [0.25, 0.3) is 5.91 Å². The number of benzene rings is 2. The molecule has 0 bridgehead atoms. The van der Waals surface area contributed by atoms with Crippen LogP contribution in [-0.4, -0.2) is 28.8 Å². The Kier molecular flexibility index (Phi) is 4.62. The molecule has 0 atom stereocenters. The Balaban J connectivity index is 2.08. The van der Waals surface area contributed by atoms with Crippen molar-refractivity contribution >= 4 is 34.2 Å². The number of fused-ring (bicyclic) bond motifs is 1. The smallest absolute Gasteiger partial charge is 0.286 e. The van der Waals surface area contributed by atoms with Gasteiger partial charge in [-0.25, -0.2) is 9.97 Å². The van der Waals surface area contributed by atoms with E-state index in [4.69, 9.17) is 5.73 Å². The average Bonchev–Trinajstić information content (AvgIpc) is 2.66. The Hall–Kier alpha value is -3.74. The first-order valence-corrected chi connectivity index (χ1v) is 7.85. The standard InChI is InChI=1S/C19H17N5O2/c1-3-16(25)22-13-6-4-5-11(9-13)12-7-8-15-14(10-12)18(21-2)24-19(23-15)17(20)26/h3-10H,1H2,2H3,(H2,20,26)(H,22,25)(H,21,23,24). The molecule has 0 aliphatic heterocycles. The van der Waals surface area contributed by atoms with Crippen molar-refractivity contribution in [2.45, 2.75) is 0 Å². The summed E-state index contributed by atoms with van der Waals surface area (Å²) < 4.78 is 0. The zero-order valence-corrected chi connectivity index (χ0v) is 14.1. The van der Waals surface area contributed by atoms with E-state index in [0.717, 1.165) is 16.5 Å². The second kappa shape index (κ2) is 7.02. The van der Waals surface area contributed by atoms with Crippen molar-refractivity contribution in [3.05, 3.63) is 60.9 Å². The van der Waals surface area contributed by atoms with Crippen molar-refractivity contribution in [1.29, 1.82) is 0 Å². The molecule has 2 amide bonds. The number of nitrogens with two attached hydrogens (primary N) is 1. The molecule has 0 saturated carbocycles. The molecule has 1 heterocycles. The molecule has 7 nitrogen and oxygen atoms in total. The largest absolute Gasteiger partial charge is 0.373 e. The van der Waals surface area contributed by atoms with Crippen LogP contribution in [0.3, 0.4) is 0 Å². The Labute approximate surface area is 150 Å². The molecule has 3 rings (SSSR count). The van der Waals surface area contributed by atoms with Crippen molar-refractivity contribution in [2.24, 2.45) is 5.73 Å². The van der Waals surface area contributed by atoms with Crippen molar-refractivity contribution in [1.82, 2.24) is 9.97 Å². The monoisotopic (exact) mass is 347 g/mol. The number of hydrogen-bond donors (Lipinski definition) is 3. The third kappa shape index (κ3) is 3.36. The molecule has 0 saturated heterocycles. The Bertz CT molecular complexity index is 1030. The summed E-state index contributed by atoms with van der Waals surface area (Å²) in [5, 5.41) is 6.46. The second-order valence-corrected chi connectivity index (χ2v) is 5.52. The van der Waals surface area contributed by atoms with Crippen molar-refractivity contribution in [3.63, 3.8) is 0 Å². The molecule has 2 aromatic carbocycles. The molecule has 0 radical (unpaired) electrons. The molecule has 0 spiro atoms. The third-order valence-corrected chi connectivity index (χ3v) is 3.80. The molecule has 0 fully saturated rings. The van der Waals surface area contributed by atoms with Gasteiger partial charge in [-0.2, -0.15) is 0 Å². The topological polar surface area (TPSA) is 110 Å². The van der Waals surface area contributed by atoms with Crippen LogP contribution in [0.25, 0.3) is 22.0 Å². The quantitative estimate of drug-likeness (QED) is 0.614. The predicted octanol–water partition coefficient (Wildman–Crippen LogP) is 2.56. The summed E-state index contributed by atoms with van der Waals surface area (Å²) >= 11 is 0. The minimum atomic E-state index is -0.682. The van der Waals surface area contributed by atoms with Gasteiger partial charge in [0.1, 0.15) is 5.82 Å². The summed E-state index contributed by atoms with van der Waals surface area (Å²) in [7, 11) is 1.71. The van der Waals surface area contributed by atoms with Gasteiger partial charge in [-0.15, -0.1) is 0 Å².